The highest BCUT2D eigenvalue weighted by Gasteiger charge is 2.16. The van der Waals surface area contributed by atoms with Crippen LogP contribution in [0.2, 0.25) is 0 Å². The second kappa shape index (κ2) is 7.19. The first-order valence-electron chi connectivity index (χ1n) is 6.75. The van der Waals surface area contributed by atoms with E-state index in [1.54, 1.807) is 6.92 Å². The number of aromatic nitrogens is 1. The van der Waals surface area contributed by atoms with Crippen LogP contribution in [-0.2, 0) is 14.8 Å². The Morgan fingerprint density at radius 1 is 1.33 bits per heavy atom. The lowest BCUT2D eigenvalue weighted by Gasteiger charge is -2.06. The highest BCUT2D eigenvalue weighted by molar-refractivity contribution is 7.89. The average molecular weight is 354 g/mol. The first-order valence-corrected chi connectivity index (χ1v) is 8.23. The van der Waals surface area contributed by atoms with Gasteiger partial charge in [-0.1, -0.05) is 5.16 Å². The highest BCUT2D eigenvalue weighted by atomic mass is 32.2. The van der Waals surface area contributed by atoms with E-state index in [1.165, 1.54) is 6.07 Å². The van der Waals surface area contributed by atoms with E-state index in [0.717, 1.165) is 24.3 Å². The number of hydrogen-bond donors (Lipinski definition) is 2. The molecule has 0 bridgehead atoms. The van der Waals surface area contributed by atoms with E-state index in [-0.39, 0.29) is 29.4 Å². The van der Waals surface area contributed by atoms with E-state index in [4.69, 9.17) is 4.52 Å². The van der Waals surface area contributed by atoms with Gasteiger partial charge in [0, 0.05) is 31.2 Å². The lowest BCUT2D eigenvalue weighted by Crippen LogP contribution is -2.27. The molecule has 2 rings (SSSR count). The van der Waals surface area contributed by atoms with Crippen molar-refractivity contribution in [2.24, 2.45) is 0 Å². The number of carbonyl (C=O) groups is 1. The van der Waals surface area contributed by atoms with E-state index in [1.807, 2.05) is 0 Å². The molecule has 0 aliphatic heterocycles. The second-order valence-corrected chi connectivity index (χ2v) is 6.54. The number of nitrogens with zero attached hydrogens (tertiary/aromatic N) is 2. The van der Waals surface area contributed by atoms with Gasteiger partial charge in [-0.3, -0.25) is 14.9 Å². The van der Waals surface area contributed by atoms with Crippen molar-refractivity contribution in [1.29, 1.82) is 0 Å². The number of benzene rings is 1. The predicted molar refractivity (Wildman–Crippen MR) is 82.8 cm³/mol. The summed E-state index contributed by atoms with van der Waals surface area (Å²) < 4.78 is 31.1. The van der Waals surface area contributed by atoms with Crippen LogP contribution in [0.3, 0.4) is 0 Å². The molecule has 0 radical (unpaired) electrons. The minimum atomic E-state index is -3.85. The van der Waals surface area contributed by atoms with Gasteiger partial charge in [-0.05, 0) is 19.1 Å². The minimum Gasteiger partial charge on any atom is -0.360 e. The molecule has 0 spiro atoms. The lowest BCUT2D eigenvalue weighted by molar-refractivity contribution is -0.384. The van der Waals surface area contributed by atoms with Crippen molar-refractivity contribution in [3.8, 4) is 0 Å². The number of rotatable bonds is 7. The number of nitro groups is 1. The topological polar surface area (TPSA) is 144 Å². The summed E-state index contributed by atoms with van der Waals surface area (Å²) in [5, 5.41) is 16.6. The zero-order valence-corrected chi connectivity index (χ0v) is 13.4. The van der Waals surface area contributed by atoms with Crippen molar-refractivity contribution in [3.63, 3.8) is 0 Å². The Morgan fingerprint density at radius 2 is 2.00 bits per heavy atom. The Hall–Kier alpha value is -2.79. The maximum Gasteiger partial charge on any atom is 0.269 e. The third kappa shape index (κ3) is 4.60. The van der Waals surface area contributed by atoms with Gasteiger partial charge in [0.2, 0.25) is 15.9 Å². The molecule has 10 nitrogen and oxygen atoms in total. The zero-order valence-electron chi connectivity index (χ0n) is 12.6. The molecule has 0 saturated heterocycles. The number of hydrogen-bond acceptors (Lipinski definition) is 7. The Kier molecular flexibility index (Phi) is 5.26. The van der Waals surface area contributed by atoms with Crippen LogP contribution >= 0.6 is 0 Å². The molecule has 0 unspecified atom stereocenters. The predicted octanol–water partition coefficient (Wildman–Crippen LogP) is 1.20. The van der Waals surface area contributed by atoms with E-state index in [9.17, 15) is 23.3 Å². The van der Waals surface area contributed by atoms with Gasteiger partial charge in [0.25, 0.3) is 5.69 Å². The van der Waals surface area contributed by atoms with Crippen LogP contribution in [0.15, 0.2) is 39.8 Å². The Labute approximate surface area is 137 Å². The molecule has 1 heterocycles. The molecular formula is C13H14N4O6S. The SMILES string of the molecule is Cc1cc(NC(=O)CCNS(=O)(=O)c2ccc([N+](=O)[O-])cc2)no1. The first-order chi connectivity index (χ1) is 11.3. The number of nitro benzene ring substituents is 1. The molecule has 2 aromatic rings. The zero-order chi connectivity index (χ0) is 17.7. The second-order valence-electron chi connectivity index (χ2n) is 4.77. The van der Waals surface area contributed by atoms with Crippen molar-refractivity contribution >= 4 is 27.4 Å². The van der Waals surface area contributed by atoms with E-state index in [2.05, 4.69) is 15.2 Å². The summed E-state index contributed by atoms with van der Waals surface area (Å²) in [6, 6.07) is 5.96. The summed E-state index contributed by atoms with van der Waals surface area (Å²) in [6.07, 6.45) is -0.113. The maximum atomic E-state index is 12.0. The fourth-order valence-corrected chi connectivity index (χ4v) is 2.79. The molecule has 11 heteroatoms. The van der Waals surface area contributed by atoms with Crippen LogP contribution in [-0.4, -0.2) is 30.9 Å². The molecular weight excluding hydrogens is 340 g/mol. The van der Waals surface area contributed by atoms with Gasteiger partial charge >= 0.3 is 0 Å². The molecule has 0 fully saturated rings. The van der Waals surface area contributed by atoms with Gasteiger partial charge in [0.05, 0.1) is 9.82 Å². The Balaban J connectivity index is 1.88. The van der Waals surface area contributed by atoms with Crippen molar-refractivity contribution in [3.05, 3.63) is 46.2 Å². The Bertz CT molecular complexity index is 844. The minimum absolute atomic E-state index is 0.113. The molecule has 1 amide bonds. The van der Waals surface area contributed by atoms with Crippen LogP contribution in [0.4, 0.5) is 11.5 Å². The summed E-state index contributed by atoms with van der Waals surface area (Å²) in [5.41, 5.74) is -0.212. The number of non-ortho nitro benzene ring substituents is 1. The standard InChI is InChI=1S/C13H14N4O6S/c1-9-8-12(16-23-9)15-13(18)6-7-14-24(21,22)11-4-2-10(3-5-11)17(19)20/h2-5,8,14H,6-7H2,1H3,(H,15,16,18). The lowest BCUT2D eigenvalue weighted by atomic mass is 10.3. The van der Waals surface area contributed by atoms with Crippen LogP contribution in [0.5, 0.6) is 0 Å². The summed E-state index contributed by atoms with van der Waals surface area (Å²) >= 11 is 0. The van der Waals surface area contributed by atoms with Crippen molar-refractivity contribution in [2.75, 3.05) is 11.9 Å². The quantitative estimate of drug-likeness (QED) is 0.561. The molecule has 1 aromatic carbocycles. The van der Waals surface area contributed by atoms with Gasteiger partial charge in [0.1, 0.15) is 5.76 Å². The van der Waals surface area contributed by atoms with Gasteiger partial charge in [0.15, 0.2) is 5.82 Å². The van der Waals surface area contributed by atoms with Gasteiger partial charge in [-0.15, -0.1) is 0 Å². The Morgan fingerprint density at radius 3 is 2.54 bits per heavy atom. The number of amides is 1. The van der Waals surface area contributed by atoms with Crippen LogP contribution in [0, 0.1) is 17.0 Å². The normalized spacial score (nSPS) is 11.2. The van der Waals surface area contributed by atoms with Crippen molar-refractivity contribution < 1.29 is 22.7 Å². The van der Waals surface area contributed by atoms with Gasteiger partial charge < -0.3 is 9.84 Å². The van der Waals surface area contributed by atoms with Crippen LogP contribution < -0.4 is 10.0 Å². The molecule has 0 aliphatic carbocycles. The summed E-state index contributed by atoms with van der Waals surface area (Å²) in [5.74, 6) is 0.342. The molecule has 24 heavy (non-hydrogen) atoms. The molecule has 0 atom stereocenters. The number of sulfonamides is 1. The smallest absolute Gasteiger partial charge is 0.269 e. The molecule has 2 N–H and O–H groups in total. The van der Waals surface area contributed by atoms with Gasteiger partial charge in [-0.25, -0.2) is 13.1 Å². The van der Waals surface area contributed by atoms with Crippen molar-refractivity contribution in [1.82, 2.24) is 9.88 Å². The molecule has 0 saturated carbocycles. The van der Waals surface area contributed by atoms with Crippen molar-refractivity contribution in [2.45, 2.75) is 18.2 Å². The molecule has 128 valence electrons. The summed E-state index contributed by atoms with van der Waals surface area (Å²) in [6.45, 7) is 1.53. The number of carbonyl (C=O) groups excluding carboxylic acids is 1. The van der Waals surface area contributed by atoms with E-state index in [0.29, 0.717) is 5.76 Å². The summed E-state index contributed by atoms with van der Waals surface area (Å²) in [7, 11) is -3.85. The fraction of sp³-hybridized carbons (Fsp3) is 0.231. The molecule has 0 aliphatic rings. The number of nitrogens with one attached hydrogen (secondary N) is 2. The fourth-order valence-electron chi connectivity index (χ4n) is 1.76. The molecule has 1 aromatic heterocycles. The number of anilines is 1. The third-order valence-corrected chi connectivity index (χ3v) is 4.37. The van der Waals surface area contributed by atoms with E-state index >= 15 is 0 Å². The largest absolute Gasteiger partial charge is 0.360 e. The highest BCUT2D eigenvalue weighted by Crippen LogP contribution is 2.15. The third-order valence-electron chi connectivity index (χ3n) is 2.90. The maximum absolute atomic E-state index is 12.0. The summed E-state index contributed by atoms with van der Waals surface area (Å²) in [4.78, 5) is 21.5. The van der Waals surface area contributed by atoms with Gasteiger partial charge in [-0.2, -0.15) is 0 Å². The van der Waals surface area contributed by atoms with Crippen LogP contribution in [0.25, 0.3) is 0 Å². The number of aryl methyl sites for hydroxylation is 1. The van der Waals surface area contributed by atoms with E-state index < -0.39 is 20.9 Å². The first kappa shape index (κ1) is 17.6. The monoisotopic (exact) mass is 354 g/mol. The average Bonchev–Trinajstić information content (AvgIpc) is 2.92. The van der Waals surface area contributed by atoms with Crippen LogP contribution in [0.1, 0.15) is 12.2 Å².